The lowest BCUT2D eigenvalue weighted by Gasteiger charge is -2.07. The Morgan fingerprint density at radius 3 is 2.80 bits per heavy atom. The monoisotopic (exact) mass is 347 g/mol. The number of nitrogens with zero attached hydrogens (tertiary/aromatic N) is 1. The van der Waals surface area contributed by atoms with Crippen LogP contribution in [0.4, 0.5) is 0 Å². The Morgan fingerprint density at radius 1 is 1.12 bits per heavy atom. The predicted octanol–water partition coefficient (Wildman–Crippen LogP) is 4.51. The fraction of sp³-hybridized carbons (Fsp3) is 0.0952. The van der Waals surface area contributed by atoms with Gasteiger partial charge in [0.2, 0.25) is 5.52 Å². The summed E-state index contributed by atoms with van der Waals surface area (Å²) in [6.07, 6.45) is 7.94. The molecule has 0 spiro atoms. The second-order valence-corrected chi connectivity index (χ2v) is 7.12. The summed E-state index contributed by atoms with van der Waals surface area (Å²) in [7, 11) is 2.11. The Balaban J connectivity index is 1.78. The first kappa shape index (κ1) is 15.7. The summed E-state index contributed by atoms with van der Waals surface area (Å²) in [6, 6.07) is 16.8. The van der Waals surface area contributed by atoms with Crippen LogP contribution in [-0.2, 0) is 11.9 Å². The molecule has 0 radical (unpaired) electrons. The standard InChI is InChI=1S/C21H18N2OS/c1-15-8-9-19-20(12-15)25-21(23(19)2)14-16-10-11-24-22-18(13-16)17-6-4-3-5-7-17/h3-14H,1-2H3/p+1. The second kappa shape index (κ2) is 6.57. The lowest BCUT2D eigenvalue weighted by atomic mass is 10.1. The Bertz CT molecular complexity index is 1010. The number of hydroxylamine groups is 1. The Morgan fingerprint density at radius 2 is 1.96 bits per heavy atom. The fourth-order valence-electron chi connectivity index (χ4n) is 2.85. The van der Waals surface area contributed by atoms with Crippen LogP contribution in [0.15, 0.2) is 72.5 Å². The molecular formula is C21H19N2OS+. The number of benzene rings is 2. The number of aromatic nitrogens is 1. The summed E-state index contributed by atoms with van der Waals surface area (Å²) >= 11 is 1.80. The van der Waals surface area contributed by atoms with Crippen LogP contribution in [-0.4, -0.2) is 0 Å². The number of thiazole rings is 1. The van der Waals surface area contributed by atoms with Crippen molar-refractivity contribution in [1.29, 1.82) is 0 Å². The van der Waals surface area contributed by atoms with Crippen LogP contribution in [0, 0.1) is 6.92 Å². The van der Waals surface area contributed by atoms with Gasteiger partial charge in [-0.05, 0) is 36.3 Å². The van der Waals surface area contributed by atoms with Crippen molar-refractivity contribution in [2.45, 2.75) is 6.92 Å². The van der Waals surface area contributed by atoms with Gasteiger partial charge in [0.1, 0.15) is 18.0 Å². The number of hydrogen-bond donors (Lipinski definition) is 1. The molecule has 4 heteroatoms. The summed E-state index contributed by atoms with van der Waals surface area (Å²) in [5.41, 5.74) is 8.65. The highest BCUT2D eigenvalue weighted by molar-refractivity contribution is 7.18. The molecule has 1 aliphatic rings. The van der Waals surface area contributed by atoms with E-state index in [1.807, 2.05) is 24.3 Å². The van der Waals surface area contributed by atoms with Gasteiger partial charge in [0.15, 0.2) is 0 Å². The molecule has 0 saturated heterocycles. The van der Waals surface area contributed by atoms with Gasteiger partial charge in [-0.2, -0.15) is 4.57 Å². The number of rotatable bonds is 2. The molecule has 3 aromatic rings. The van der Waals surface area contributed by atoms with Crippen LogP contribution >= 0.6 is 11.3 Å². The van der Waals surface area contributed by atoms with Gasteiger partial charge in [0.05, 0.1) is 5.70 Å². The summed E-state index contributed by atoms with van der Waals surface area (Å²) in [5.74, 6) is 0. The molecule has 25 heavy (non-hydrogen) atoms. The zero-order valence-electron chi connectivity index (χ0n) is 14.2. The average molecular weight is 347 g/mol. The average Bonchev–Trinajstić information content (AvgIpc) is 2.80. The third-order valence-electron chi connectivity index (χ3n) is 4.21. The predicted molar refractivity (Wildman–Crippen MR) is 103 cm³/mol. The van der Waals surface area contributed by atoms with E-state index in [0.717, 1.165) is 16.8 Å². The van der Waals surface area contributed by atoms with E-state index in [4.69, 9.17) is 4.84 Å². The molecule has 1 aromatic heterocycles. The maximum Gasteiger partial charge on any atom is 0.263 e. The van der Waals surface area contributed by atoms with Gasteiger partial charge in [0, 0.05) is 17.7 Å². The van der Waals surface area contributed by atoms with Gasteiger partial charge < -0.3 is 4.84 Å². The summed E-state index contributed by atoms with van der Waals surface area (Å²) < 4.78 is 3.53. The van der Waals surface area contributed by atoms with Crippen molar-refractivity contribution in [3.05, 3.63) is 88.7 Å². The minimum absolute atomic E-state index is 0.941. The lowest BCUT2D eigenvalue weighted by molar-refractivity contribution is -0.642. The van der Waals surface area contributed by atoms with Crippen molar-refractivity contribution in [3.8, 4) is 0 Å². The van der Waals surface area contributed by atoms with Crippen molar-refractivity contribution in [2.75, 3.05) is 0 Å². The molecule has 2 aromatic carbocycles. The van der Waals surface area contributed by atoms with E-state index in [-0.39, 0.29) is 0 Å². The summed E-state index contributed by atoms with van der Waals surface area (Å²) in [4.78, 5) is 5.39. The molecule has 3 nitrogen and oxygen atoms in total. The van der Waals surface area contributed by atoms with Crippen molar-refractivity contribution in [2.24, 2.45) is 7.05 Å². The van der Waals surface area contributed by atoms with Crippen molar-refractivity contribution >= 4 is 33.3 Å². The molecule has 0 unspecified atom stereocenters. The van der Waals surface area contributed by atoms with E-state index in [0.29, 0.717) is 0 Å². The second-order valence-electron chi connectivity index (χ2n) is 6.06. The third kappa shape index (κ3) is 3.21. The minimum Gasteiger partial charge on any atom is -0.390 e. The normalized spacial score (nSPS) is 15.6. The van der Waals surface area contributed by atoms with Gasteiger partial charge >= 0.3 is 0 Å². The van der Waals surface area contributed by atoms with Crippen LogP contribution in [0.3, 0.4) is 0 Å². The van der Waals surface area contributed by atoms with Crippen LogP contribution in [0.1, 0.15) is 16.1 Å². The molecule has 0 amide bonds. The van der Waals surface area contributed by atoms with Gasteiger partial charge in [-0.3, -0.25) is 0 Å². The van der Waals surface area contributed by atoms with Gasteiger partial charge in [-0.1, -0.05) is 47.7 Å². The Labute approximate surface area is 151 Å². The van der Waals surface area contributed by atoms with Crippen molar-refractivity contribution < 1.29 is 9.40 Å². The molecular weight excluding hydrogens is 328 g/mol. The SMILES string of the molecule is Cc1ccc2c(c1)sc(/C=C1/C=CONC(c3ccccc3)=C1)[n+]2C. The van der Waals surface area contributed by atoms with E-state index in [1.165, 1.54) is 20.8 Å². The van der Waals surface area contributed by atoms with E-state index in [1.54, 1.807) is 17.6 Å². The highest BCUT2D eigenvalue weighted by Crippen LogP contribution is 2.25. The molecule has 2 heterocycles. The van der Waals surface area contributed by atoms with E-state index < -0.39 is 0 Å². The molecule has 4 rings (SSSR count). The van der Waals surface area contributed by atoms with E-state index in [2.05, 4.69) is 66.5 Å². The fourth-order valence-corrected chi connectivity index (χ4v) is 4.06. The number of nitrogens with one attached hydrogen (secondary N) is 1. The van der Waals surface area contributed by atoms with Crippen LogP contribution in [0.25, 0.3) is 22.0 Å². The maximum atomic E-state index is 5.39. The zero-order chi connectivity index (χ0) is 17.2. The largest absolute Gasteiger partial charge is 0.390 e. The highest BCUT2D eigenvalue weighted by Gasteiger charge is 2.15. The topological polar surface area (TPSA) is 25.1 Å². The lowest BCUT2D eigenvalue weighted by Crippen LogP contribution is -2.28. The third-order valence-corrected chi connectivity index (χ3v) is 5.35. The van der Waals surface area contributed by atoms with Crippen LogP contribution < -0.4 is 10.0 Å². The quantitative estimate of drug-likeness (QED) is 0.690. The number of aryl methyl sites for hydroxylation is 2. The minimum atomic E-state index is 0.941. The molecule has 124 valence electrons. The highest BCUT2D eigenvalue weighted by atomic mass is 32.1. The molecule has 0 saturated carbocycles. The van der Waals surface area contributed by atoms with Gasteiger partial charge in [-0.15, -0.1) is 0 Å². The van der Waals surface area contributed by atoms with Crippen LogP contribution in [0.5, 0.6) is 0 Å². The first-order valence-corrected chi connectivity index (χ1v) is 8.98. The van der Waals surface area contributed by atoms with Crippen LogP contribution in [0.2, 0.25) is 0 Å². The van der Waals surface area contributed by atoms with Gasteiger partial charge in [0.25, 0.3) is 5.01 Å². The zero-order valence-corrected chi connectivity index (χ0v) is 15.0. The maximum absolute atomic E-state index is 5.39. The van der Waals surface area contributed by atoms with Gasteiger partial charge in [-0.25, -0.2) is 5.48 Å². The molecule has 0 bridgehead atoms. The summed E-state index contributed by atoms with van der Waals surface area (Å²) in [5, 5.41) is 1.20. The smallest absolute Gasteiger partial charge is 0.263 e. The van der Waals surface area contributed by atoms with E-state index >= 15 is 0 Å². The van der Waals surface area contributed by atoms with Crippen molar-refractivity contribution in [1.82, 2.24) is 5.48 Å². The first-order chi connectivity index (χ1) is 12.2. The molecule has 0 aliphatic carbocycles. The molecule has 1 aliphatic heterocycles. The van der Waals surface area contributed by atoms with E-state index in [9.17, 15) is 0 Å². The molecule has 0 fully saturated rings. The summed E-state index contributed by atoms with van der Waals surface area (Å²) in [6.45, 7) is 2.13. The number of fused-ring (bicyclic) bond motifs is 1. The molecule has 1 N–H and O–H groups in total. The first-order valence-electron chi connectivity index (χ1n) is 8.17. The molecule has 0 atom stereocenters. The Kier molecular flexibility index (Phi) is 4.12. The Hall–Kier alpha value is -2.85. The number of hydrogen-bond acceptors (Lipinski definition) is 3. The van der Waals surface area contributed by atoms with Crippen molar-refractivity contribution in [3.63, 3.8) is 0 Å². The number of allylic oxidation sites excluding steroid dienone is 3.